The van der Waals surface area contributed by atoms with E-state index in [1.54, 1.807) is 59.7 Å². The lowest BCUT2D eigenvalue weighted by atomic mass is 9.84. The largest absolute Gasteiger partial charge is 0.456 e. The first-order valence-corrected chi connectivity index (χ1v) is 18.7. The van der Waals surface area contributed by atoms with E-state index in [-0.39, 0.29) is 16.9 Å². The van der Waals surface area contributed by atoms with Gasteiger partial charge in [-0.2, -0.15) is 0 Å². The van der Waals surface area contributed by atoms with Gasteiger partial charge in [0, 0.05) is 17.9 Å². The molecule has 0 heterocycles. The number of hydrogen-bond acceptors (Lipinski definition) is 7. The first kappa shape index (κ1) is 39.0. The fraction of sp³-hybridized carbons (Fsp3) is 0.267. The Kier molecular flexibility index (Phi) is 12.3. The number of amides is 1. The predicted molar refractivity (Wildman–Crippen MR) is 214 cm³/mol. The lowest BCUT2D eigenvalue weighted by molar-refractivity contribution is 0.00676. The van der Waals surface area contributed by atoms with Gasteiger partial charge >= 0.3 is 12.1 Å². The molecule has 5 aromatic carbocycles. The number of thioether (sulfide) groups is 1. The molecule has 0 radical (unpaired) electrons. The number of benzene rings is 5. The number of alkyl carbamates (subject to hydrolysis) is 1. The molecule has 8 heteroatoms. The zero-order valence-electron chi connectivity index (χ0n) is 31.2. The molecule has 0 aliphatic heterocycles. The molecule has 0 saturated heterocycles. The van der Waals surface area contributed by atoms with Crippen LogP contribution < -0.4 is 11.1 Å². The van der Waals surface area contributed by atoms with Crippen LogP contribution in [0.3, 0.4) is 0 Å². The van der Waals surface area contributed by atoms with Gasteiger partial charge in [-0.1, -0.05) is 121 Å². The maximum absolute atomic E-state index is 15.3. The Labute approximate surface area is 317 Å². The summed E-state index contributed by atoms with van der Waals surface area (Å²) in [5.41, 5.74) is 9.70. The topological polar surface area (TPSA) is 108 Å². The van der Waals surface area contributed by atoms with E-state index in [9.17, 15) is 9.59 Å². The lowest BCUT2D eigenvalue weighted by Crippen LogP contribution is -2.46. The van der Waals surface area contributed by atoms with Crippen molar-refractivity contribution in [3.8, 4) is 11.1 Å². The van der Waals surface area contributed by atoms with Crippen LogP contribution in [0.25, 0.3) is 11.1 Å². The highest BCUT2D eigenvalue weighted by atomic mass is 32.2. The molecule has 5 rings (SSSR count). The first-order chi connectivity index (χ1) is 25.2. The molecule has 5 aromatic rings. The molecule has 274 valence electrons. The van der Waals surface area contributed by atoms with Crippen LogP contribution in [0.15, 0.2) is 133 Å². The fourth-order valence-corrected chi connectivity index (χ4v) is 7.77. The van der Waals surface area contributed by atoms with Crippen LogP contribution in [-0.2, 0) is 20.8 Å². The number of rotatable bonds is 12. The van der Waals surface area contributed by atoms with Crippen molar-refractivity contribution in [1.82, 2.24) is 5.32 Å². The molecule has 3 N–H and O–H groups in total. The van der Waals surface area contributed by atoms with E-state index in [0.717, 1.165) is 22.3 Å². The summed E-state index contributed by atoms with van der Waals surface area (Å²) in [6.45, 7) is 10.9. The average Bonchev–Trinajstić information content (AvgIpc) is 3.14. The molecule has 0 unspecified atom stereocenters. The summed E-state index contributed by atoms with van der Waals surface area (Å²) < 4.78 is 10.8. The van der Waals surface area contributed by atoms with Crippen LogP contribution in [0.1, 0.15) is 84.5 Å². The summed E-state index contributed by atoms with van der Waals surface area (Å²) in [4.78, 5) is 42.8. The van der Waals surface area contributed by atoms with Gasteiger partial charge in [0.15, 0.2) is 5.78 Å². The molecule has 0 fully saturated rings. The molecule has 1 atom stereocenters. The number of carbonyl (C=O) groups is 3. The average molecular weight is 729 g/mol. The highest BCUT2D eigenvalue weighted by Crippen LogP contribution is 2.49. The van der Waals surface area contributed by atoms with E-state index in [1.165, 1.54) is 11.8 Å². The molecular formula is C45H48N2O5S. The second kappa shape index (κ2) is 16.7. The highest BCUT2D eigenvalue weighted by Gasteiger charge is 2.40. The van der Waals surface area contributed by atoms with Gasteiger partial charge in [0.05, 0.1) is 10.3 Å². The number of Topliss-reactive ketones (excluding diaryl/α,β-unsaturated/α-hetero) is 1. The third-order valence-corrected chi connectivity index (χ3v) is 10.1. The van der Waals surface area contributed by atoms with E-state index >= 15 is 4.79 Å². The van der Waals surface area contributed by atoms with Crippen molar-refractivity contribution >= 4 is 29.6 Å². The van der Waals surface area contributed by atoms with Gasteiger partial charge in [-0.05, 0) is 87.1 Å². The van der Waals surface area contributed by atoms with Crippen molar-refractivity contribution in [2.24, 2.45) is 5.73 Å². The quantitative estimate of drug-likeness (QED) is 0.0749. The van der Waals surface area contributed by atoms with Crippen LogP contribution in [0.2, 0.25) is 0 Å². The van der Waals surface area contributed by atoms with Crippen molar-refractivity contribution < 1.29 is 23.9 Å². The second-order valence-electron chi connectivity index (χ2n) is 14.8. The number of hydrogen-bond donors (Lipinski definition) is 2. The molecule has 1 amide bonds. The van der Waals surface area contributed by atoms with Crippen molar-refractivity contribution in [2.75, 3.05) is 5.75 Å². The normalized spacial score (nSPS) is 12.4. The summed E-state index contributed by atoms with van der Waals surface area (Å²) in [6.07, 6.45) is -0.748. The predicted octanol–water partition coefficient (Wildman–Crippen LogP) is 9.57. The number of nitrogens with one attached hydrogen (secondary N) is 1. The van der Waals surface area contributed by atoms with Crippen LogP contribution in [0.5, 0.6) is 0 Å². The molecule has 53 heavy (non-hydrogen) atoms. The fourth-order valence-electron chi connectivity index (χ4n) is 6.21. The smallest absolute Gasteiger partial charge is 0.408 e. The Morgan fingerprint density at radius 3 is 1.66 bits per heavy atom. The minimum Gasteiger partial charge on any atom is -0.456 e. The Morgan fingerprint density at radius 1 is 0.660 bits per heavy atom. The lowest BCUT2D eigenvalue weighted by Gasteiger charge is -2.36. The third-order valence-electron chi connectivity index (χ3n) is 8.42. The molecule has 0 spiro atoms. The van der Waals surface area contributed by atoms with Crippen molar-refractivity contribution in [2.45, 2.75) is 70.1 Å². The first-order valence-electron chi connectivity index (χ1n) is 17.7. The molecule has 0 aromatic heterocycles. The van der Waals surface area contributed by atoms with Gasteiger partial charge in [-0.3, -0.25) is 4.79 Å². The summed E-state index contributed by atoms with van der Waals surface area (Å²) in [7, 11) is 0. The van der Waals surface area contributed by atoms with Crippen LogP contribution in [-0.4, -0.2) is 40.8 Å². The Hall–Kier alpha value is -5.18. The molecule has 0 saturated carbocycles. The van der Waals surface area contributed by atoms with E-state index < -0.39 is 39.8 Å². The number of esters is 1. The van der Waals surface area contributed by atoms with Gasteiger partial charge in [-0.25, -0.2) is 9.59 Å². The van der Waals surface area contributed by atoms with Gasteiger partial charge in [-0.15, -0.1) is 11.8 Å². The highest BCUT2D eigenvalue weighted by molar-refractivity contribution is 8.00. The summed E-state index contributed by atoms with van der Waals surface area (Å²) >= 11 is 1.53. The van der Waals surface area contributed by atoms with E-state index in [0.29, 0.717) is 17.7 Å². The van der Waals surface area contributed by atoms with Crippen molar-refractivity contribution in [3.05, 3.63) is 167 Å². The number of ketones is 1. The minimum absolute atomic E-state index is 0.0991. The maximum Gasteiger partial charge on any atom is 0.408 e. The Bertz CT molecular complexity index is 1920. The van der Waals surface area contributed by atoms with Crippen LogP contribution >= 0.6 is 11.8 Å². The number of nitrogens with two attached hydrogens (primary N) is 1. The second-order valence-corrected chi connectivity index (χ2v) is 16.0. The summed E-state index contributed by atoms with van der Waals surface area (Å²) in [5.74, 6) is -0.989. The van der Waals surface area contributed by atoms with Gasteiger partial charge in [0.25, 0.3) is 0 Å². The summed E-state index contributed by atoms with van der Waals surface area (Å²) in [5, 5.41) is 2.91. The zero-order valence-corrected chi connectivity index (χ0v) is 32.0. The molecule has 7 nitrogen and oxygen atoms in total. The zero-order chi connectivity index (χ0) is 38.2. The van der Waals surface area contributed by atoms with Crippen LogP contribution in [0.4, 0.5) is 4.79 Å². The van der Waals surface area contributed by atoms with Crippen molar-refractivity contribution in [1.29, 1.82) is 0 Å². The standard InChI is InChI=1S/C45H48N2O5S/c1-43(2,3)51-41(49)37-27-17-26-36(32-19-16-18-31(28-32)29-46)39(37)40(48)38(47-42(50)52-44(4,5)6)30-53-45(33-20-10-7-11-21-33,34-22-12-8-13-23-34)35-24-14-9-15-25-35/h7-28,38H,29-30,46H2,1-6H3,(H,47,50)/t38-/m0/s1. The minimum atomic E-state index is -1.13. The van der Waals surface area contributed by atoms with Crippen LogP contribution in [0, 0.1) is 0 Å². The Balaban J connectivity index is 1.70. The Morgan fingerprint density at radius 2 is 1.17 bits per heavy atom. The molecule has 0 bridgehead atoms. The van der Waals surface area contributed by atoms with Gasteiger partial charge in [0.2, 0.25) is 0 Å². The molecule has 0 aliphatic rings. The van der Waals surface area contributed by atoms with E-state index in [2.05, 4.69) is 41.7 Å². The maximum atomic E-state index is 15.3. The SMILES string of the molecule is CC(C)(C)OC(=O)N[C@@H](CSC(c1ccccc1)(c1ccccc1)c1ccccc1)C(=O)c1c(C(=O)OC(C)(C)C)cccc1-c1cccc(CN)c1. The number of carbonyl (C=O) groups excluding carboxylic acids is 3. The van der Waals surface area contributed by atoms with Crippen molar-refractivity contribution in [3.63, 3.8) is 0 Å². The summed E-state index contributed by atoms with van der Waals surface area (Å²) in [6, 6.07) is 41.9. The third kappa shape index (κ3) is 9.63. The van der Waals surface area contributed by atoms with Gasteiger partial charge < -0.3 is 20.5 Å². The molecular weight excluding hydrogens is 681 g/mol. The van der Waals surface area contributed by atoms with E-state index in [1.807, 2.05) is 78.9 Å². The van der Waals surface area contributed by atoms with Gasteiger partial charge in [0.1, 0.15) is 17.2 Å². The monoisotopic (exact) mass is 728 g/mol. The van der Waals surface area contributed by atoms with E-state index in [4.69, 9.17) is 15.2 Å². The molecule has 0 aliphatic carbocycles. The number of ether oxygens (including phenoxy) is 2.